The van der Waals surface area contributed by atoms with Crippen LogP contribution in [-0.4, -0.2) is 19.1 Å². The molecule has 0 saturated carbocycles. The van der Waals surface area contributed by atoms with Crippen LogP contribution in [0.4, 0.5) is 15.9 Å². The number of halogens is 2. The van der Waals surface area contributed by atoms with E-state index in [2.05, 4.69) is 10.3 Å². The second kappa shape index (κ2) is 5.99. The first-order valence-corrected chi connectivity index (χ1v) is 6.28. The van der Waals surface area contributed by atoms with Crippen molar-refractivity contribution in [3.05, 3.63) is 52.9 Å². The van der Waals surface area contributed by atoms with Crippen LogP contribution in [0.25, 0.3) is 0 Å². The van der Waals surface area contributed by atoms with Gasteiger partial charge in [0.1, 0.15) is 5.82 Å². The van der Waals surface area contributed by atoms with Crippen molar-refractivity contribution in [3.63, 3.8) is 0 Å². The van der Waals surface area contributed by atoms with E-state index < -0.39 is 0 Å². The van der Waals surface area contributed by atoms with Crippen molar-refractivity contribution >= 4 is 23.1 Å². The number of aromatic nitrogens is 1. The Kier molecular flexibility index (Phi) is 4.35. The third kappa shape index (κ3) is 3.22. The third-order valence-electron chi connectivity index (χ3n) is 2.79. The van der Waals surface area contributed by atoms with Crippen LogP contribution in [0.3, 0.4) is 0 Å². The fraction of sp³-hybridized carbons (Fsp3) is 0.214. The van der Waals surface area contributed by atoms with E-state index in [1.165, 1.54) is 12.1 Å². The Morgan fingerprint density at radius 1 is 1.32 bits per heavy atom. The molecular weight excluding hydrogens is 265 g/mol. The molecule has 0 aliphatic carbocycles. The maximum atomic E-state index is 12.9. The molecule has 0 radical (unpaired) electrons. The minimum absolute atomic E-state index is 0.263. The van der Waals surface area contributed by atoms with Crippen LogP contribution in [-0.2, 0) is 6.54 Å². The number of benzene rings is 1. The number of anilines is 2. The summed E-state index contributed by atoms with van der Waals surface area (Å²) in [5.74, 6) is 0.383. The number of rotatable bonds is 4. The molecule has 0 aliphatic heterocycles. The Morgan fingerprint density at radius 2 is 2.00 bits per heavy atom. The Morgan fingerprint density at radius 3 is 2.58 bits per heavy atom. The summed E-state index contributed by atoms with van der Waals surface area (Å²) in [5, 5.41) is 3.61. The molecule has 19 heavy (non-hydrogen) atoms. The number of hydrogen-bond acceptors (Lipinski definition) is 3. The highest BCUT2D eigenvalue weighted by Crippen LogP contribution is 2.29. The average molecular weight is 280 g/mol. The molecule has 0 fully saturated rings. The lowest BCUT2D eigenvalue weighted by Crippen LogP contribution is -2.13. The van der Waals surface area contributed by atoms with Crippen molar-refractivity contribution in [2.45, 2.75) is 6.54 Å². The molecular formula is C14H15ClFN3. The minimum atomic E-state index is -0.263. The van der Waals surface area contributed by atoms with Crippen LogP contribution in [0, 0.1) is 5.82 Å². The van der Waals surface area contributed by atoms with Crippen molar-refractivity contribution in [1.82, 2.24) is 10.3 Å². The van der Waals surface area contributed by atoms with E-state index in [1.807, 2.05) is 25.1 Å². The van der Waals surface area contributed by atoms with Gasteiger partial charge in [0.15, 0.2) is 5.82 Å². The predicted octanol–water partition coefficient (Wildman–Crippen LogP) is 3.36. The zero-order chi connectivity index (χ0) is 13.8. The second-order valence-electron chi connectivity index (χ2n) is 4.21. The Hall–Kier alpha value is -1.65. The molecule has 1 aromatic carbocycles. The molecule has 1 heterocycles. The van der Waals surface area contributed by atoms with Gasteiger partial charge in [0, 0.05) is 25.5 Å². The van der Waals surface area contributed by atoms with Gasteiger partial charge in [0.05, 0.1) is 5.02 Å². The molecule has 0 aliphatic rings. The summed E-state index contributed by atoms with van der Waals surface area (Å²) in [7, 11) is 3.71. The SMILES string of the molecule is CNCc1cnc(N(C)c2ccc(F)cc2)c(Cl)c1. The number of pyridine rings is 1. The minimum Gasteiger partial charge on any atom is -0.328 e. The van der Waals surface area contributed by atoms with Gasteiger partial charge in [-0.1, -0.05) is 11.6 Å². The monoisotopic (exact) mass is 279 g/mol. The fourth-order valence-electron chi connectivity index (χ4n) is 1.80. The summed E-state index contributed by atoms with van der Waals surface area (Å²) in [4.78, 5) is 6.18. The number of nitrogens with zero attached hydrogens (tertiary/aromatic N) is 2. The maximum absolute atomic E-state index is 12.9. The maximum Gasteiger partial charge on any atom is 0.151 e. The summed E-state index contributed by atoms with van der Waals surface area (Å²) in [6.45, 7) is 0.716. The zero-order valence-corrected chi connectivity index (χ0v) is 11.6. The van der Waals surface area contributed by atoms with Gasteiger partial charge in [-0.2, -0.15) is 0 Å². The van der Waals surface area contributed by atoms with Crippen molar-refractivity contribution in [2.75, 3.05) is 19.0 Å². The lowest BCUT2D eigenvalue weighted by atomic mass is 10.2. The lowest BCUT2D eigenvalue weighted by Gasteiger charge is -2.19. The van der Waals surface area contributed by atoms with E-state index in [9.17, 15) is 4.39 Å². The average Bonchev–Trinajstić information content (AvgIpc) is 2.39. The standard InChI is InChI=1S/C14H15ClFN3/c1-17-8-10-7-13(15)14(18-9-10)19(2)12-5-3-11(16)4-6-12/h3-7,9,17H,8H2,1-2H3. The largest absolute Gasteiger partial charge is 0.328 e. The van der Waals surface area contributed by atoms with Gasteiger partial charge in [-0.15, -0.1) is 0 Å². The smallest absolute Gasteiger partial charge is 0.151 e. The quantitative estimate of drug-likeness (QED) is 0.930. The van der Waals surface area contributed by atoms with Crippen LogP contribution in [0.5, 0.6) is 0 Å². The molecule has 0 bridgehead atoms. The Labute approximate surface area is 117 Å². The molecule has 0 saturated heterocycles. The number of nitrogens with one attached hydrogen (secondary N) is 1. The highest BCUT2D eigenvalue weighted by atomic mass is 35.5. The van der Waals surface area contributed by atoms with Gasteiger partial charge < -0.3 is 10.2 Å². The van der Waals surface area contributed by atoms with Crippen LogP contribution in [0.1, 0.15) is 5.56 Å². The van der Waals surface area contributed by atoms with Crippen LogP contribution >= 0.6 is 11.6 Å². The summed E-state index contributed by atoms with van der Waals surface area (Å²) >= 11 is 6.24. The molecule has 0 unspecified atom stereocenters. The molecule has 1 N–H and O–H groups in total. The Bertz CT molecular complexity index is 557. The van der Waals surface area contributed by atoms with Gasteiger partial charge in [-0.25, -0.2) is 9.37 Å². The van der Waals surface area contributed by atoms with E-state index in [0.717, 1.165) is 11.3 Å². The first-order chi connectivity index (χ1) is 9.11. The van der Waals surface area contributed by atoms with Gasteiger partial charge in [-0.05, 0) is 42.9 Å². The van der Waals surface area contributed by atoms with Crippen molar-refractivity contribution < 1.29 is 4.39 Å². The van der Waals surface area contributed by atoms with E-state index in [0.29, 0.717) is 17.4 Å². The van der Waals surface area contributed by atoms with Gasteiger partial charge in [0.2, 0.25) is 0 Å². The van der Waals surface area contributed by atoms with Gasteiger partial charge in [0.25, 0.3) is 0 Å². The summed E-state index contributed by atoms with van der Waals surface area (Å²) in [6, 6.07) is 8.08. The molecule has 0 amide bonds. The molecule has 0 atom stereocenters. The van der Waals surface area contributed by atoms with E-state index in [1.54, 1.807) is 18.3 Å². The molecule has 2 aromatic rings. The van der Waals surface area contributed by atoms with Crippen LogP contribution < -0.4 is 10.2 Å². The molecule has 1 aromatic heterocycles. The highest BCUT2D eigenvalue weighted by molar-refractivity contribution is 6.33. The van der Waals surface area contributed by atoms with Crippen molar-refractivity contribution in [2.24, 2.45) is 0 Å². The van der Waals surface area contributed by atoms with E-state index >= 15 is 0 Å². The molecule has 2 rings (SSSR count). The summed E-state index contributed by atoms with van der Waals surface area (Å²) in [5.41, 5.74) is 1.85. The van der Waals surface area contributed by atoms with E-state index in [4.69, 9.17) is 11.6 Å². The van der Waals surface area contributed by atoms with Gasteiger partial charge in [-0.3, -0.25) is 0 Å². The van der Waals surface area contributed by atoms with Gasteiger partial charge >= 0.3 is 0 Å². The Balaban J connectivity index is 2.28. The van der Waals surface area contributed by atoms with Crippen LogP contribution in [0.2, 0.25) is 5.02 Å². The molecule has 0 spiro atoms. The molecule has 3 nitrogen and oxygen atoms in total. The first kappa shape index (κ1) is 13.8. The molecule has 100 valence electrons. The highest BCUT2D eigenvalue weighted by Gasteiger charge is 2.10. The van der Waals surface area contributed by atoms with Crippen molar-refractivity contribution in [3.8, 4) is 0 Å². The summed E-state index contributed by atoms with van der Waals surface area (Å²) in [6.07, 6.45) is 1.78. The first-order valence-electron chi connectivity index (χ1n) is 5.90. The zero-order valence-electron chi connectivity index (χ0n) is 10.8. The topological polar surface area (TPSA) is 28.2 Å². The van der Waals surface area contributed by atoms with Crippen LogP contribution in [0.15, 0.2) is 36.5 Å². The lowest BCUT2D eigenvalue weighted by molar-refractivity contribution is 0.628. The fourth-order valence-corrected chi connectivity index (χ4v) is 2.12. The normalized spacial score (nSPS) is 10.5. The molecule has 5 heteroatoms. The summed E-state index contributed by atoms with van der Waals surface area (Å²) < 4.78 is 12.9. The predicted molar refractivity (Wildman–Crippen MR) is 76.5 cm³/mol. The number of hydrogen-bond donors (Lipinski definition) is 1. The van der Waals surface area contributed by atoms with E-state index in [-0.39, 0.29) is 5.82 Å². The second-order valence-corrected chi connectivity index (χ2v) is 4.62. The van der Waals surface area contributed by atoms with Crippen molar-refractivity contribution in [1.29, 1.82) is 0 Å². The third-order valence-corrected chi connectivity index (χ3v) is 3.07.